The smallest absolute Gasteiger partial charge is 0.270 e. The summed E-state index contributed by atoms with van der Waals surface area (Å²) in [6.07, 6.45) is 4.29. The van der Waals surface area contributed by atoms with Crippen molar-refractivity contribution in [2.24, 2.45) is 0 Å². The van der Waals surface area contributed by atoms with Gasteiger partial charge >= 0.3 is 0 Å². The summed E-state index contributed by atoms with van der Waals surface area (Å²) in [4.78, 5) is 19.4. The largest absolute Gasteiger partial charge is 0.340 e. The van der Waals surface area contributed by atoms with E-state index < -0.39 is 0 Å². The monoisotopic (exact) mass is 363 g/mol. The van der Waals surface area contributed by atoms with Crippen LogP contribution in [0.15, 0.2) is 42.5 Å². The zero-order valence-corrected chi connectivity index (χ0v) is 14.7. The summed E-state index contributed by atoms with van der Waals surface area (Å²) in [7, 11) is 0. The lowest BCUT2D eigenvalue weighted by Crippen LogP contribution is -2.48. The lowest BCUT2D eigenvalue weighted by atomic mass is 10.2. The second-order valence-electron chi connectivity index (χ2n) is 5.75. The molecule has 2 aromatic rings. The van der Waals surface area contributed by atoms with Gasteiger partial charge in [-0.25, -0.2) is 0 Å². The quantitative estimate of drug-likeness (QED) is 0.897. The van der Waals surface area contributed by atoms with Crippen LogP contribution in [0.25, 0.3) is 6.08 Å². The Morgan fingerprint density at radius 1 is 1.12 bits per heavy atom. The van der Waals surface area contributed by atoms with Gasteiger partial charge < -0.3 is 9.88 Å². The first-order valence-electron chi connectivity index (χ1n) is 7.91. The number of rotatable bonds is 4. The predicted octanol–water partition coefficient (Wildman–Crippen LogP) is 3.79. The molecule has 0 spiro atoms. The summed E-state index contributed by atoms with van der Waals surface area (Å²) in [6, 6.07) is 11.8. The van der Waals surface area contributed by atoms with Gasteiger partial charge in [0, 0.05) is 32.7 Å². The Morgan fingerprint density at radius 3 is 2.46 bits per heavy atom. The van der Waals surface area contributed by atoms with Gasteiger partial charge in [-0.05, 0) is 11.6 Å². The van der Waals surface area contributed by atoms with E-state index in [1.165, 1.54) is 5.56 Å². The number of carbonyl (C=O) groups excluding carboxylic acids is 1. The maximum atomic E-state index is 12.4. The number of piperazine rings is 1. The van der Waals surface area contributed by atoms with Crippen LogP contribution in [-0.2, 0) is 0 Å². The van der Waals surface area contributed by atoms with Crippen molar-refractivity contribution >= 4 is 35.2 Å². The minimum absolute atomic E-state index is 0.0525. The molecule has 0 atom stereocenters. The topological polar surface area (TPSA) is 39.3 Å². The third-order valence-corrected chi connectivity index (χ3v) is 4.78. The average Bonchev–Trinajstić information content (AvgIpc) is 2.95. The summed E-state index contributed by atoms with van der Waals surface area (Å²) in [5.41, 5.74) is 1.65. The lowest BCUT2D eigenvalue weighted by molar-refractivity contribution is 0.0645. The van der Waals surface area contributed by atoms with Crippen molar-refractivity contribution < 1.29 is 4.79 Å². The molecule has 1 aliphatic rings. The van der Waals surface area contributed by atoms with Crippen LogP contribution in [0.3, 0.4) is 0 Å². The van der Waals surface area contributed by atoms with Gasteiger partial charge in [0.05, 0.1) is 5.02 Å². The molecule has 0 aliphatic carbocycles. The summed E-state index contributed by atoms with van der Waals surface area (Å²) in [6.45, 7) is 4.00. The number of aromatic nitrogens is 1. The van der Waals surface area contributed by atoms with Gasteiger partial charge in [0.1, 0.15) is 10.8 Å². The zero-order chi connectivity index (χ0) is 16.9. The molecular weight excluding hydrogens is 345 g/mol. The molecule has 1 saturated heterocycles. The number of benzene rings is 1. The van der Waals surface area contributed by atoms with Crippen molar-refractivity contribution in [2.75, 3.05) is 32.7 Å². The maximum absolute atomic E-state index is 12.4. The fourth-order valence-electron chi connectivity index (χ4n) is 2.73. The molecule has 6 heteroatoms. The Labute approximate surface area is 151 Å². The van der Waals surface area contributed by atoms with Gasteiger partial charge in [-0.15, -0.1) is 0 Å². The van der Waals surface area contributed by atoms with Crippen LogP contribution in [0, 0.1) is 0 Å². The van der Waals surface area contributed by atoms with Crippen molar-refractivity contribution in [3.63, 3.8) is 0 Å². The first-order valence-corrected chi connectivity index (χ1v) is 8.66. The van der Waals surface area contributed by atoms with Crippen LogP contribution in [0.2, 0.25) is 10.2 Å². The maximum Gasteiger partial charge on any atom is 0.270 e. The Balaban J connectivity index is 1.49. The molecule has 1 N–H and O–H groups in total. The number of halogens is 2. The van der Waals surface area contributed by atoms with E-state index >= 15 is 0 Å². The molecule has 0 radical (unpaired) electrons. The molecule has 1 aromatic carbocycles. The molecule has 126 valence electrons. The molecule has 0 unspecified atom stereocenters. The number of hydrogen-bond acceptors (Lipinski definition) is 2. The van der Waals surface area contributed by atoms with Gasteiger partial charge in [-0.2, -0.15) is 0 Å². The molecular formula is C18H19Cl2N3O. The third kappa shape index (κ3) is 4.20. The molecule has 1 aliphatic heterocycles. The Hall–Kier alpha value is -1.75. The van der Waals surface area contributed by atoms with Crippen molar-refractivity contribution in [3.05, 3.63) is 63.9 Å². The van der Waals surface area contributed by atoms with E-state index in [-0.39, 0.29) is 5.91 Å². The molecule has 0 bridgehead atoms. The van der Waals surface area contributed by atoms with Crippen LogP contribution in [0.4, 0.5) is 0 Å². The minimum Gasteiger partial charge on any atom is -0.340 e. The van der Waals surface area contributed by atoms with Crippen LogP contribution >= 0.6 is 23.2 Å². The molecule has 3 rings (SSSR count). The van der Waals surface area contributed by atoms with E-state index in [9.17, 15) is 4.79 Å². The second kappa shape index (κ2) is 7.88. The molecule has 24 heavy (non-hydrogen) atoms. The second-order valence-corrected chi connectivity index (χ2v) is 6.54. The van der Waals surface area contributed by atoms with Gasteiger partial charge in [-0.1, -0.05) is 65.7 Å². The van der Waals surface area contributed by atoms with E-state index in [0.29, 0.717) is 29.0 Å². The van der Waals surface area contributed by atoms with Crippen LogP contribution in [0.5, 0.6) is 0 Å². The van der Waals surface area contributed by atoms with Crippen molar-refractivity contribution in [1.29, 1.82) is 0 Å². The summed E-state index contributed by atoms with van der Waals surface area (Å²) in [5.74, 6) is -0.0525. The molecule has 1 amide bonds. The van der Waals surface area contributed by atoms with Crippen LogP contribution < -0.4 is 0 Å². The Morgan fingerprint density at radius 2 is 1.83 bits per heavy atom. The number of amides is 1. The minimum atomic E-state index is -0.0525. The first-order chi connectivity index (χ1) is 11.6. The third-order valence-electron chi connectivity index (χ3n) is 4.09. The van der Waals surface area contributed by atoms with E-state index in [0.717, 1.165) is 19.6 Å². The molecule has 4 nitrogen and oxygen atoms in total. The van der Waals surface area contributed by atoms with Crippen molar-refractivity contribution in [3.8, 4) is 0 Å². The van der Waals surface area contributed by atoms with E-state index in [4.69, 9.17) is 23.2 Å². The number of hydrogen-bond donors (Lipinski definition) is 1. The highest BCUT2D eigenvalue weighted by molar-refractivity contribution is 6.41. The molecule has 0 saturated carbocycles. The average molecular weight is 364 g/mol. The zero-order valence-electron chi connectivity index (χ0n) is 13.2. The van der Waals surface area contributed by atoms with E-state index in [1.54, 1.807) is 6.07 Å². The predicted molar refractivity (Wildman–Crippen MR) is 98.6 cm³/mol. The standard InChI is InChI=1S/C18H19Cl2N3O/c19-15-13-16(21-17(15)20)18(24)23-11-9-22(10-12-23)8-4-7-14-5-2-1-3-6-14/h1-7,13,21H,8-12H2/b7-4+. The highest BCUT2D eigenvalue weighted by Crippen LogP contribution is 2.23. The number of nitrogens with one attached hydrogen (secondary N) is 1. The van der Waals surface area contributed by atoms with Crippen molar-refractivity contribution in [1.82, 2.24) is 14.8 Å². The van der Waals surface area contributed by atoms with Gasteiger partial charge in [0.15, 0.2) is 0 Å². The molecule has 1 fully saturated rings. The van der Waals surface area contributed by atoms with Crippen LogP contribution in [-0.4, -0.2) is 53.4 Å². The van der Waals surface area contributed by atoms with Gasteiger partial charge in [0.25, 0.3) is 5.91 Å². The Kier molecular flexibility index (Phi) is 5.61. The Bertz CT molecular complexity index is 700. The SMILES string of the molecule is O=C(c1cc(Cl)c(Cl)[nH]1)N1CCN(C/C=C/c2ccccc2)CC1. The fraction of sp³-hybridized carbons (Fsp3) is 0.278. The van der Waals surface area contributed by atoms with E-state index in [2.05, 4.69) is 34.2 Å². The number of nitrogens with zero attached hydrogens (tertiary/aromatic N) is 2. The first kappa shape index (κ1) is 17.1. The molecule has 1 aromatic heterocycles. The normalized spacial score (nSPS) is 16.0. The van der Waals surface area contributed by atoms with Crippen molar-refractivity contribution in [2.45, 2.75) is 0 Å². The highest BCUT2D eigenvalue weighted by atomic mass is 35.5. The summed E-state index contributed by atoms with van der Waals surface area (Å²) in [5, 5.41) is 0.689. The number of aromatic amines is 1. The molecule has 2 heterocycles. The van der Waals surface area contributed by atoms with Crippen LogP contribution in [0.1, 0.15) is 16.1 Å². The fourth-order valence-corrected chi connectivity index (χ4v) is 3.04. The van der Waals surface area contributed by atoms with E-state index in [1.807, 2.05) is 23.1 Å². The highest BCUT2D eigenvalue weighted by Gasteiger charge is 2.23. The number of H-pyrrole nitrogens is 1. The summed E-state index contributed by atoms with van der Waals surface area (Å²) >= 11 is 11.8. The lowest BCUT2D eigenvalue weighted by Gasteiger charge is -2.33. The summed E-state index contributed by atoms with van der Waals surface area (Å²) < 4.78 is 0. The number of carbonyl (C=O) groups is 1. The van der Waals surface area contributed by atoms with Gasteiger partial charge in [-0.3, -0.25) is 9.69 Å². The van der Waals surface area contributed by atoms with Gasteiger partial charge in [0.2, 0.25) is 0 Å².